The number of benzene rings is 1. The van der Waals surface area contributed by atoms with E-state index < -0.39 is 0 Å². The van der Waals surface area contributed by atoms with Crippen molar-refractivity contribution in [1.82, 2.24) is 15.0 Å². The summed E-state index contributed by atoms with van der Waals surface area (Å²) in [6.45, 7) is 0. The monoisotopic (exact) mass is 331 g/mol. The fourth-order valence-corrected chi connectivity index (χ4v) is 2.56. The molecule has 2 aromatic heterocycles. The highest BCUT2D eigenvalue weighted by molar-refractivity contribution is 7.98. The second kappa shape index (κ2) is 6.42. The van der Waals surface area contributed by atoms with Gasteiger partial charge in [-0.25, -0.2) is 19.3 Å². The fraction of sp³-hybridized carbons (Fsp3) is 0.0625. The molecule has 0 amide bonds. The molecule has 110 valence electrons. The third-order valence-corrected chi connectivity index (χ3v) is 3.84. The molecular formula is C16H11ClFN3S. The predicted molar refractivity (Wildman–Crippen MR) is 87.4 cm³/mol. The van der Waals surface area contributed by atoms with Crippen molar-refractivity contribution in [2.45, 2.75) is 5.16 Å². The highest BCUT2D eigenvalue weighted by Crippen LogP contribution is 2.31. The van der Waals surface area contributed by atoms with Crippen LogP contribution in [-0.2, 0) is 0 Å². The number of hydrogen-bond donors (Lipinski definition) is 0. The Kier molecular flexibility index (Phi) is 4.36. The number of halogens is 2. The summed E-state index contributed by atoms with van der Waals surface area (Å²) in [5.74, 6) is -0.293. The molecule has 2 heterocycles. The second-order valence-corrected chi connectivity index (χ2v) is 5.63. The summed E-state index contributed by atoms with van der Waals surface area (Å²) in [4.78, 5) is 13.0. The number of thioether (sulfide) groups is 1. The van der Waals surface area contributed by atoms with Gasteiger partial charge in [-0.05, 0) is 48.7 Å². The van der Waals surface area contributed by atoms with Crippen LogP contribution in [0.4, 0.5) is 4.39 Å². The van der Waals surface area contributed by atoms with Crippen molar-refractivity contribution in [2.75, 3.05) is 6.26 Å². The van der Waals surface area contributed by atoms with Gasteiger partial charge in [0.15, 0.2) is 5.16 Å². The molecule has 0 unspecified atom stereocenters. The van der Waals surface area contributed by atoms with E-state index in [4.69, 9.17) is 11.6 Å². The first-order valence-corrected chi connectivity index (χ1v) is 8.07. The summed E-state index contributed by atoms with van der Waals surface area (Å²) in [5.41, 5.74) is 3.03. The maximum absolute atomic E-state index is 13.1. The van der Waals surface area contributed by atoms with Gasteiger partial charge in [0.2, 0.25) is 0 Å². The number of aromatic nitrogens is 3. The zero-order valence-corrected chi connectivity index (χ0v) is 13.2. The maximum atomic E-state index is 13.1. The predicted octanol–water partition coefficient (Wildman–Crippen LogP) is 4.72. The molecule has 1 aromatic carbocycles. The van der Waals surface area contributed by atoms with Crippen molar-refractivity contribution in [2.24, 2.45) is 0 Å². The Morgan fingerprint density at radius 2 is 1.77 bits per heavy atom. The Balaban J connectivity index is 2.17. The van der Waals surface area contributed by atoms with Crippen LogP contribution >= 0.6 is 23.4 Å². The van der Waals surface area contributed by atoms with Crippen molar-refractivity contribution < 1.29 is 4.39 Å². The molecule has 0 aliphatic rings. The van der Waals surface area contributed by atoms with Crippen LogP contribution in [-0.4, -0.2) is 21.2 Å². The van der Waals surface area contributed by atoms with E-state index in [0.717, 1.165) is 16.8 Å². The van der Waals surface area contributed by atoms with E-state index >= 15 is 0 Å². The average molecular weight is 332 g/mol. The van der Waals surface area contributed by atoms with Crippen LogP contribution in [0.5, 0.6) is 0 Å². The molecule has 3 nitrogen and oxygen atoms in total. The van der Waals surface area contributed by atoms with E-state index in [9.17, 15) is 4.39 Å². The van der Waals surface area contributed by atoms with Crippen molar-refractivity contribution in [1.29, 1.82) is 0 Å². The molecule has 0 bridgehead atoms. The van der Waals surface area contributed by atoms with Crippen molar-refractivity contribution in [3.63, 3.8) is 0 Å². The number of hydrogen-bond acceptors (Lipinski definition) is 4. The van der Waals surface area contributed by atoms with Gasteiger partial charge >= 0.3 is 0 Å². The first-order valence-electron chi connectivity index (χ1n) is 6.47. The summed E-state index contributed by atoms with van der Waals surface area (Å²) in [6.07, 6.45) is 3.62. The fourth-order valence-electron chi connectivity index (χ4n) is 2.06. The van der Waals surface area contributed by atoms with Crippen molar-refractivity contribution in [3.8, 4) is 22.5 Å². The Bertz CT molecular complexity index is 809. The molecule has 0 aliphatic carbocycles. The van der Waals surface area contributed by atoms with Gasteiger partial charge in [0.05, 0.1) is 11.4 Å². The Morgan fingerprint density at radius 3 is 2.50 bits per heavy atom. The van der Waals surface area contributed by atoms with Gasteiger partial charge < -0.3 is 0 Å². The van der Waals surface area contributed by atoms with Gasteiger partial charge in [-0.3, -0.25) is 0 Å². The molecule has 0 saturated carbocycles. The van der Waals surface area contributed by atoms with E-state index in [1.54, 1.807) is 24.4 Å². The van der Waals surface area contributed by atoms with Gasteiger partial charge in [-0.1, -0.05) is 23.4 Å². The Labute approximate surface area is 136 Å². The third-order valence-electron chi connectivity index (χ3n) is 3.07. The smallest absolute Gasteiger partial charge is 0.187 e. The molecule has 0 aliphatic heterocycles. The molecular weight excluding hydrogens is 321 g/mol. The van der Waals surface area contributed by atoms with Gasteiger partial charge in [0.1, 0.15) is 11.0 Å². The van der Waals surface area contributed by atoms with E-state index in [-0.39, 0.29) is 5.82 Å². The standard InChI is InChI=1S/C16H11ClFN3S/c1-22-16-19-9-8-13(20-16)12-6-7-14(17)21-15(12)10-2-4-11(18)5-3-10/h2-9H,1H3. The number of rotatable bonds is 3. The maximum Gasteiger partial charge on any atom is 0.187 e. The first kappa shape index (κ1) is 14.9. The van der Waals surface area contributed by atoms with Crippen LogP contribution in [0.1, 0.15) is 0 Å². The lowest BCUT2D eigenvalue weighted by Crippen LogP contribution is -1.94. The third kappa shape index (κ3) is 3.10. The van der Waals surface area contributed by atoms with Gasteiger partial charge in [-0.2, -0.15) is 0 Å². The highest BCUT2D eigenvalue weighted by atomic mass is 35.5. The lowest BCUT2D eigenvalue weighted by atomic mass is 10.0. The van der Waals surface area contributed by atoms with E-state index in [0.29, 0.717) is 16.0 Å². The normalized spacial score (nSPS) is 10.7. The first-order chi connectivity index (χ1) is 10.7. The zero-order valence-electron chi connectivity index (χ0n) is 11.6. The molecule has 0 fully saturated rings. The van der Waals surface area contributed by atoms with Gasteiger partial charge in [-0.15, -0.1) is 0 Å². The minimum absolute atomic E-state index is 0.293. The molecule has 0 saturated heterocycles. The summed E-state index contributed by atoms with van der Waals surface area (Å²) in [5, 5.41) is 1.06. The molecule has 0 radical (unpaired) electrons. The largest absolute Gasteiger partial charge is 0.235 e. The van der Waals surface area contributed by atoms with E-state index in [2.05, 4.69) is 15.0 Å². The van der Waals surface area contributed by atoms with Crippen LogP contribution < -0.4 is 0 Å². The Hall–Kier alpha value is -1.98. The molecule has 3 aromatic rings. The van der Waals surface area contributed by atoms with E-state index in [1.165, 1.54) is 23.9 Å². The summed E-state index contributed by atoms with van der Waals surface area (Å²) in [7, 11) is 0. The SMILES string of the molecule is CSc1nccc(-c2ccc(Cl)nc2-c2ccc(F)cc2)n1. The summed E-state index contributed by atoms with van der Waals surface area (Å²) < 4.78 is 13.1. The summed E-state index contributed by atoms with van der Waals surface area (Å²) >= 11 is 7.49. The van der Waals surface area contributed by atoms with Crippen molar-refractivity contribution >= 4 is 23.4 Å². The lowest BCUT2D eigenvalue weighted by Gasteiger charge is -2.09. The van der Waals surface area contributed by atoms with Crippen LogP contribution in [0.25, 0.3) is 22.5 Å². The highest BCUT2D eigenvalue weighted by Gasteiger charge is 2.12. The number of nitrogens with zero attached hydrogens (tertiary/aromatic N) is 3. The van der Waals surface area contributed by atoms with Gasteiger partial charge in [0.25, 0.3) is 0 Å². The Morgan fingerprint density at radius 1 is 1.00 bits per heavy atom. The topological polar surface area (TPSA) is 38.7 Å². The minimum Gasteiger partial charge on any atom is -0.235 e. The lowest BCUT2D eigenvalue weighted by molar-refractivity contribution is 0.628. The second-order valence-electron chi connectivity index (χ2n) is 4.47. The van der Waals surface area contributed by atoms with Gasteiger partial charge in [0, 0.05) is 17.3 Å². The molecule has 6 heteroatoms. The molecule has 3 rings (SSSR count). The molecule has 0 N–H and O–H groups in total. The number of pyridine rings is 1. The zero-order chi connectivity index (χ0) is 15.5. The van der Waals surface area contributed by atoms with E-state index in [1.807, 2.05) is 18.4 Å². The quantitative estimate of drug-likeness (QED) is 0.395. The van der Waals surface area contributed by atoms with Crippen LogP contribution in [0.2, 0.25) is 5.15 Å². The van der Waals surface area contributed by atoms with Crippen LogP contribution in [0, 0.1) is 5.82 Å². The van der Waals surface area contributed by atoms with Crippen molar-refractivity contribution in [3.05, 3.63) is 59.6 Å². The summed E-state index contributed by atoms with van der Waals surface area (Å²) in [6, 6.07) is 11.5. The molecule has 22 heavy (non-hydrogen) atoms. The molecule has 0 spiro atoms. The van der Waals surface area contributed by atoms with Crippen LogP contribution in [0.15, 0.2) is 53.8 Å². The van der Waals surface area contributed by atoms with Crippen LogP contribution in [0.3, 0.4) is 0 Å². The average Bonchev–Trinajstić information content (AvgIpc) is 2.55. The molecule has 0 atom stereocenters. The minimum atomic E-state index is -0.293.